The van der Waals surface area contributed by atoms with Crippen LogP contribution in [0.1, 0.15) is 25.5 Å². The largest absolute Gasteiger partial charge is 0.490 e. The highest BCUT2D eigenvalue weighted by Crippen LogP contribution is 2.38. The van der Waals surface area contributed by atoms with Gasteiger partial charge in [-0.1, -0.05) is 0 Å². The molecule has 0 amide bonds. The SMILES string of the molecule is CCOc1cc([C@@H](N)CO)cc(Br)c1OCC. The maximum atomic E-state index is 9.06. The highest BCUT2D eigenvalue weighted by atomic mass is 79.9. The van der Waals surface area contributed by atoms with Crippen molar-refractivity contribution in [2.24, 2.45) is 5.73 Å². The summed E-state index contributed by atoms with van der Waals surface area (Å²) < 4.78 is 11.8. The molecule has 1 atom stereocenters. The van der Waals surface area contributed by atoms with Crippen LogP contribution in [0.2, 0.25) is 0 Å². The van der Waals surface area contributed by atoms with Crippen LogP contribution < -0.4 is 15.2 Å². The molecule has 17 heavy (non-hydrogen) atoms. The maximum absolute atomic E-state index is 9.06. The van der Waals surface area contributed by atoms with Gasteiger partial charge in [0.1, 0.15) is 0 Å². The van der Waals surface area contributed by atoms with Crippen LogP contribution in [0.4, 0.5) is 0 Å². The Balaban J connectivity index is 3.15. The minimum absolute atomic E-state index is 0.105. The highest BCUT2D eigenvalue weighted by molar-refractivity contribution is 9.10. The Labute approximate surface area is 110 Å². The topological polar surface area (TPSA) is 64.7 Å². The number of aliphatic hydroxyl groups excluding tert-OH is 1. The summed E-state index contributed by atoms with van der Waals surface area (Å²) in [5.74, 6) is 1.31. The first-order chi connectivity index (χ1) is 8.13. The zero-order valence-electron chi connectivity index (χ0n) is 10.1. The fourth-order valence-electron chi connectivity index (χ4n) is 1.45. The van der Waals surface area contributed by atoms with E-state index in [1.807, 2.05) is 19.9 Å². The number of halogens is 1. The minimum Gasteiger partial charge on any atom is -0.490 e. The Hall–Kier alpha value is -0.780. The van der Waals surface area contributed by atoms with Gasteiger partial charge in [0.25, 0.3) is 0 Å². The van der Waals surface area contributed by atoms with E-state index in [2.05, 4.69) is 15.9 Å². The first-order valence-electron chi connectivity index (χ1n) is 5.59. The second-order valence-corrected chi connectivity index (χ2v) is 4.34. The van der Waals surface area contributed by atoms with Crippen molar-refractivity contribution >= 4 is 15.9 Å². The molecule has 0 aliphatic heterocycles. The Morgan fingerprint density at radius 1 is 1.29 bits per heavy atom. The number of benzene rings is 1. The molecule has 0 saturated heterocycles. The molecule has 0 heterocycles. The van der Waals surface area contributed by atoms with Crippen LogP contribution in [0.15, 0.2) is 16.6 Å². The number of nitrogens with two attached hydrogens (primary N) is 1. The van der Waals surface area contributed by atoms with Crippen LogP contribution in [0.5, 0.6) is 11.5 Å². The van der Waals surface area contributed by atoms with Gasteiger partial charge in [-0.2, -0.15) is 0 Å². The van der Waals surface area contributed by atoms with Crippen molar-refractivity contribution in [1.29, 1.82) is 0 Å². The van der Waals surface area contributed by atoms with Crippen molar-refractivity contribution in [3.63, 3.8) is 0 Å². The molecule has 0 spiro atoms. The van der Waals surface area contributed by atoms with Gasteiger partial charge < -0.3 is 20.3 Å². The molecule has 5 heteroatoms. The highest BCUT2D eigenvalue weighted by Gasteiger charge is 2.14. The van der Waals surface area contributed by atoms with Gasteiger partial charge in [0.05, 0.1) is 30.3 Å². The summed E-state index contributed by atoms with van der Waals surface area (Å²) in [6.45, 7) is 4.82. The van der Waals surface area contributed by atoms with E-state index in [9.17, 15) is 0 Å². The van der Waals surface area contributed by atoms with E-state index in [0.29, 0.717) is 24.7 Å². The van der Waals surface area contributed by atoms with E-state index >= 15 is 0 Å². The van der Waals surface area contributed by atoms with E-state index in [0.717, 1.165) is 10.0 Å². The Bertz CT molecular complexity index is 371. The van der Waals surface area contributed by atoms with E-state index in [1.54, 1.807) is 6.07 Å². The normalized spacial score (nSPS) is 12.3. The third kappa shape index (κ3) is 3.59. The Morgan fingerprint density at radius 2 is 1.94 bits per heavy atom. The van der Waals surface area contributed by atoms with E-state index in [-0.39, 0.29) is 6.61 Å². The van der Waals surface area contributed by atoms with Crippen LogP contribution in [0.3, 0.4) is 0 Å². The van der Waals surface area contributed by atoms with Gasteiger partial charge in [-0.15, -0.1) is 0 Å². The summed E-state index contributed by atoms with van der Waals surface area (Å²) >= 11 is 3.42. The van der Waals surface area contributed by atoms with Crippen molar-refractivity contribution in [2.45, 2.75) is 19.9 Å². The smallest absolute Gasteiger partial charge is 0.175 e. The summed E-state index contributed by atoms with van der Waals surface area (Å²) in [4.78, 5) is 0. The van der Waals surface area contributed by atoms with E-state index < -0.39 is 6.04 Å². The number of hydrogen-bond donors (Lipinski definition) is 2. The molecule has 0 radical (unpaired) electrons. The van der Waals surface area contributed by atoms with Crippen LogP contribution in [-0.2, 0) is 0 Å². The van der Waals surface area contributed by atoms with Crippen LogP contribution in [-0.4, -0.2) is 24.9 Å². The predicted octanol–water partition coefficient (Wildman–Crippen LogP) is 2.24. The van der Waals surface area contributed by atoms with Crippen LogP contribution in [0.25, 0.3) is 0 Å². The molecule has 1 aromatic rings. The monoisotopic (exact) mass is 303 g/mol. The molecule has 0 aromatic heterocycles. The fraction of sp³-hybridized carbons (Fsp3) is 0.500. The third-order valence-electron chi connectivity index (χ3n) is 2.25. The lowest BCUT2D eigenvalue weighted by molar-refractivity contribution is 0.265. The second kappa shape index (κ2) is 6.83. The number of rotatable bonds is 6. The van der Waals surface area contributed by atoms with Gasteiger partial charge in [-0.25, -0.2) is 0 Å². The lowest BCUT2D eigenvalue weighted by atomic mass is 10.1. The van der Waals surface area contributed by atoms with Crippen molar-refractivity contribution in [1.82, 2.24) is 0 Å². The van der Waals surface area contributed by atoms with Crippen molar-refractivity contribution in [3.8, 4) is 11.5 Å². The average molecular weight is 304 g/mol. The minimum atomic E-state index is -0.416. The molecule has 1 aromatic carbocycles. The summed E-state index contributed by atoms with van der Waals surface area (Å²) in [5.41, 5.74) is 6.60. The van der Waals surface area contributed by atoms with E-state index in [4.69, 9.17) is 20.3 Å². The predicted molar refractivity (Wildman–Crippen MR) is 70.5 cm³/mol. The van der Waals surface area contributed by atoms with E-state index in [1.165, 1.54) is 0 Å². The van der Waals surface area contributed by atoms with Gasteiger partial charge in [0.15, 0.2) is 11.5 Å². The average Bonchev–Trinajstić information content (AvgIpc) is 2.32. The van der Waals surface area contributed by atoms with Gasteiger partial charge in [0, 0.05) is 0 Å². The van der Waals surface area contributed by atoms with Crippen LogP contribution >= 0.6 is 15.9 Å². The molecule has 0 saturated carbocycles. The lowest BCUT2D eigenvalue weighted by Crippen LogP contribution is -2.15. The van der Waals surface area contributed by atoms with Gasteiger partial charge in [-0.3, -0.25) is 0 Å². The zero-order chi connectivity index (χ0) is 12.8. The molecule has 3 N–H and O–H groups in total. The molecule has 0 bridgehead atoms. The fourth-order valence-corrected chi connectivity index (χ4v) is 2.03. The number of ether oxygens (including phenoxy) is 2. The van der Waals surface area contributed by atoms with Crippen LogP contribution in [0, 0.1) is 0 Å². The number of aliphatic hydroxyl groups is 1. The zero-order valence-corrected chi connectivity index (χ0v) is 11.7. The summed E-state index contributed by atoms with van der Waals surface area (Å²) in [6, 6.07) is 3.23. The molecule has 0 fully saturated rings. The molecular formula is C12H18BrNO3. The molecule has 0 aliphatic carbocycles. The first kappa shape index (κ1) is 14.3. The Morgan fingerprint density at radius 3 is 2.47 bits per heavy atom. The standard InChI is InChI=1S/C12H18BrNO3/c1-3-16-11-6-8(10(14)7-15)5-9(13)12(11)17-4-2/h5-6,10,15H,3-4,7,14H2,1-2H3/t10-/m0/s1. The lowest BCUT2D eigenvalue weighted by Gasteiger charge is -2.16. The maximum Gasteiger partial charge on any atom is 0.175 e. The van der Waals surface area contributed by atoms with Crippen molar-refractivity contribution in [3.05, 3.63) is 22.2 Å². The van der Waals surface area contributed by atoms with Gasteiger partial charge in [-0.05, 0) is 47.5 Å². The summed E-state index contributed by atoms with van der Waals surface area (Å²) in [5, 5.41) is 9.06. The molecule has 0 aliphatic rings. The third-order valence-corrected chi connectivity index (χ3v) is 2.83. The molecule has 0 unspecified atom stereocenters. The second-order valence-electron chi connectivity index (χ2n) is 3.49. The van der Waals surface area contributed by atoms with Crippen molar-refractivity contribution in [2.75, 3.05) is 19.8 Å². The quantitative estimate of drug-likeness (QED) is 0.846. The van der Waals surface area contributed by atoms with Gasteiger partial charge in [0.2, 0.25) is 0 Å². The number of hydrogen-bond acceptors (Lipinski definition) is 4. The van der Waals surface area contributed by atoms with Crippen molar-refractivity contribution < 1.29 is 14.6 Å². The molecule has 1 rings (SSSR count). The van der Waals surface area contributed by atoms with Gasteiger partial charge >= 0.3 is 0 Å². The molecule has 4 nitrogen and oxygen atoms in total. The summed E-state index contributed by atoms with van der Waals surface area (Å²) in [7, 11) is 0. The molecule has 96 valence electrons. The summed E-state index contributed by atoms with van der Waals surface area (Å²) in [6.07, 6.45) is 0. The molecular weight excluding hydrogens is 286 g/mol. The first-order valence-corrected chi connectivity index (χ1v) is 6.38. The Kier molecular flexibility index (Phi) is 5.74.